The summed E-state index contributed by atoms with van der Waals surface area (Å²) in [5.41, 5.74) is 12.7. The van der Waals surface area contributed by atoms with Crippen molar-refractivity contribution in [3.05, 3.63) is 157 Å². The van der Waals surface area contributed by atoms with Gasteiger partial charge in [0.2, 0.25) is 0 Å². The van der Waals surface area contributed by atoms with Gasteiger partial charge in [0.05, 0.1) is 44.8 Å². The lowest BCUT2D eigenvalue weighted by atomic mass is 10.00. The molecule has 0 saturated heterocycles. The Morgan fingerprint density at radius 1 is 0.298 bits per heavy atom. The molecule has 4 heteroatoms. The maximum atomic E-state index is 5.22. The zero-order valence-corrected chi connectivity index (χ0v) is 25.7. The molecular weight excluding hydrogens is 573 g/mol. The van der Waals surface area contributed by atoms with Crippen LogP contribution in [0.15, 0.2) is 152 Å². The Hall–Kier alpha value is -6.26. The lowest BCUT2D eigenvalue weighted by molar-refractivity contribution is 1.34. The maximum absolute atomic E-state index is 5.22. The van der Waals surface area contributed by atoms with Crippen molar-refractivity contribution >= 4 is 43.6 Å². The third-order valence-electron chi connectivity index (χ3n) is 8.85. The molecule has 9 aromatic rings. The van der Waals surface area contributed by atoms with Crippen molar-refractivity contribution in [3.8, 4) is 45.0 Å². The van der Waals surface area contributed by atoms with Gasteiger partial charge in [0.25, 0.3) is 0 Å². The van der Waals surface area contributed by atoms with Crippen LogP contribution in [-0.2, 0) is 0 Å². The van der Waals surface area contributed by atoms with Crippen molar-refractivity contribution in [1.29, 1.82) is 0 Å². The van der Waals surface area contributed by atoms with Crippen molar-refractivity contribution in [3.63, 3.8) is 0 Å². The minimum atomic E-state index is 0.899. The number of hydrogen-bond donors (Lipinski definition) is 0. The average Bonchev–Trinajstić information content (AvgIpc) is 3.14. The largest absolute Gasteiger partial charge is 0.245 e. The standard InChI is InChI=1S/C43H28N4/c1-27-24-34(38-22-18-32-14-12-30-16-20-36(28-8-4-2-5-9-28)44-40(30)42(32)46-38)26-35(25-27)39-23-19-33-15-13-31-17-21-37(29-10-6-3-7-11-29)45-41(31)43(33)47-39/h2-26H,1H3. The fourth-order valence-electron chi connectivity index (χ4n) is 6.48. The summed E-state index contributed by atoms with van der Waals surface area (Å²) >= 11 is 0. The van der Waals surface area contributed by atoms with Gasteiger partial charge in [-0.05, 0) is 55.0 Å². The third-order valence-corrected chi connectivity index (χ3v) is 8.85. The van der Waals surface area contributed by atoms with Crippen LogP contribution in [0.3, 0.4) is 0 Å². The van der Waals surface area contributed by atoms with Crippen LogP contribution < -0.4 is 0 Å². The molecule has 4 heterocycles. The van der Waals surface area contributed by atoms with E-state index < -0.39 is 0 Å². The average molecular weight is 601 g/mol. The van der Waals surface area contributed by atoms with Crippen LogP contribution in [0, 0.1) is 6.92 Å². The normalized spacial score (nSPS) is 11.5. The van der Waals surface area contributed by atoms with Gasteiger partial charge in [0.15, 0.2) is 0 Å². The Bertz CT molecular complexity index is 2450. The zero-order chi connectivity index (χ0) is 31.3. The van der Waals surface area contributed by atoms with Crippen LogP contribution in [0.5, 0.6) is 0 Å². The van der Waals surface area contributed by atoms with Gasteiger partial charge >= 0.3 is 0 Å². The van der Waals surface area contributed by atoms with E-state index in [0.717, 1.165) is 94.2 Å². The summed E-state index contributed by atoms with van der Waals surface area (Å²) in [7, 11) is 0. The first kappa shape index (κ1) is 27.1. The molecule has 0 saturated carbocycles. The van der Waals surface area contributed by atoms with E-state index in [1.54, 1.807) is 0 Å². The highest BCUT2D eigenvalue weighted by Gasteiger charge is 2.13. The smallest absolute Gasteiger partial charge is 0.0972 e. The van der Waals surface area contributed by atoms with Gasteiger partial charge in [-0.15, -0.1) is 0 Å². The molecule has 0 N–H and O–H groups in total. The summed E-state index contributed by atoms with van der Waals surface area (Å²) in [4.78, 5) is 20.6. The molecule has 0 unspecified atom stereocenters. The number of aryl methyl sites for hydroxylation is 1. The van der Waals surface area contributed by atoms with Gasteiger partial charge in [0.1, 0.15) is 0 Å². The van der Waals surface area contributed by atoms with Gasteiger partial charge in [-0.1, -0.05) is 109 Å². The number of benzene rings is 5. The van der Waals surface area contributed by atoms with Crippen molar-refractivity contribution < 1.29 is 0 Å². The number of hydrogen-bond acceptors (Lipinski definition) is 4. The molecule has 4 nitrogen and oxygen atoms in total. The number of aromatic nitrogens is 4. The topological polar surface area (TPSA) is 51.6 Å². The van der Waals surface area contributed by atoms with Crippen LogP contribution in [-0.4, -0.2) is 19.9 Å². The Balaban J connectivity index is 1.17. The minimum Gasteiger partial charge on any atom is -0.245 e. The summed E-state index contributed by atoms with van der Waals surface area (Å²) in [6.45, 7) is 2.13. The number of fused-ring (bicyclic) bond motifs is 6. The molecule has 4 aromatic heterocycles. The molecule has 0 aliphatic rings. The summed E-state index contributed by atoms with van der Waals surface area (Å²) in [6, 6.07) is 52.6. The van der Waals surface area contributed by atoms with Gasteiger partial charge in [0, 0.05) is 43.8 Å². The van der Waals surface area contributed by atoms with Gasteiger partial charge in [-0.2, -0.15) is 0 Å². The van der Waals surface area contributed by atoms with Crippen molar-refractivity contribution in [2.45, 2.75) is 6.92 Å². The monoisotopic (exact) mass is 600 g/mol. The maximum Gasteiger partial charge on any atom is 0.0972 e. The number of pyridine rings is 4. The number of nitrogens with zero attached hydrogens (tertiary/aromatic N) is 4. The highest BCUT2D eigenvalue weighted by Crippen LogP contribution is 2.33. The van der Waals surface area contributed by atoms with E-state index in [1.165, 1.54) is 0 Å². The fourth-order valence-corrected chi connectivity index (χ4v) is 6.48. The molecule has 0 aliphatic carbocycles. The van der Waals surface area contributed by atoms with E-state index in [-0.39, 0.29) is 0 Å². The second kappa shape index (κ2) is 11.0. The number of rotatable bonds is 4. The molecular formula is C43H28N4. The molecule has 5 aromatic carbocycles. The highest BCUT2D eigenvalue weighted by atomic mass is 14.8. The van der Waals surface area contributed by atoms with E-state index >= 15 is 0 Å². The van der Waals surface area contributed by atoms with Gasteiger partial charge in [-0.3, -0.25) is 0 Å². The highest BCUT2D eigenvalue weighted by molar-refractivity contribution is 6.05. The Kier molecular flexibility index (Phi) is 6.32. The van der Waals surface area contributed by atoms with E-state index in [2.05, 4.69) is 122 Å². The Labute approximate surface area is 272 Å². The molecule has 0 aliphatic heterocycles. The van der Waals surface area contributed by atoms with E-state index in [4.69, 9.17) is 19.9 Å². The SMILES string of the molecule is Cc1cc(-c2ccc3ccc4ccc(-c5ccccc5)nc4c3n2)cc(-c2ccc3ccc4ccc(-c5ccccc5)nc4c3n2)c1. The van der Waals surface area contributed by atoms with E-state index in [9.17, 15) is 0 Å². The Morgan fingerprint density at radius 3 is 0.936 bits per heavy atom. The van der Waals surface area contributed by atoms with Crippen LogP contribution in [0.1, 0.15) is 5.56 Å². The van der Waals surface area contributed by atoms with Crippen LogP contribution in [0.25, 0.3) is 88.6 Å². The van der Waals surface area contributed by atoms with Gasteiger partial charge in [-0.25, -0.2) is 19.9 Å². The van der Waals surface area contributed by atoms with Crippen molar-refractivity contribution in [2.24, 2.45) is 0 Å². The first-order valence-corrected chi connectivity index (χ1v) is 15.8. The van der Waals surface area contributed by atoms with Crippen LogP contribution >= 0.6 is 0 Å². The summed E-state index contributed by atoms with van der Waals surface area (Å²) < 4.78 is 0. The van der Waals surface area contributed by atoms with E-state index in [1.807, 2.05) is 36.4 Å². The van der Waals surface area contributed by atoms with E-state index in [0.29, 0.717) is 0 Å². The third kappa shape index (κ3) is 4.88. The second-order valence-electron chi connectivity index (χ2n) is 12.0. The predicted molar refractivity (Wildman–Crippen MR) is 194 cm³/mol. The van der Waals surface area contributed by atoms with Crippen LogP contribution in [0.4, 0.5) is 0 Å². The lowest BCUT2D eigenvalue weighted by Gasteiger charge is -2.11. The quantitative estimate of drug-likeness (QED) is 0.189. The molecule has 0 atom stereocenters. The molecule has 9 rings (SSSR count). The lowest BCUT2D eigenvalue weighted by Crippen LogP contribution is -1.93. The second-order valence-corrected chi connectivity index (χ2v) is 12.0. The fraction of sp³-hybridized carbons (Fsp3) is 0.0233. The van der Waals surface area contributed by atoms with Gasteiger partial charge < -0.3 is 0 Å². The zero-order valence-electron chi connectivity index (χ0n) is 25.7. The van der Waals surface area contributed by atoms with Crippen molar-refractivity contribution in [2.75, 3.05) is 0 Å². The summed E-state index contributed by atoms with van der Waals surface area (Å²) in [5, 5.41) is 4.28. The van der Waals surface area contributed by atoms with Crippen LogP contribution in [0.2, 0.25) is 0 Å². The summed E-state index contributed by atoms with van der Waals surface area (Å²) in [5.74, 6) is 0. The molecule has 0 radical (unpaired) electrons. The minimum absolute atomic E-state index is 0.899. The molecule has 220 valence electrons. The predicted octanol–water partition coefficient (Wildman–Crippen LogP) is 10.9. The molecule has 0 spiro atoms. The molecule has 0 fully saturated rings. The molecule has 47 heavy (non-hydrogen) atoms. The first-order valence-electron chi connectivity index (χ1n) is 15.8. The molecule has 0 bridgehead atoms. The Morgan fingerprint density at radius 2 is 0.596 bits per heavy atom. The molecule has 0 amide bonds. The summed E-state index contributed by atoms with van der Waals surface area (Å²) in [6.07, 6.45) is 0. The van der Waals surface area contributed by atoms with Crippen molar-refractivity contribution in [1.82, 2.24) is 19.9 Å². The first-order chi connectivity index (χ1) is 23.2.